The molecule has 0 aliphatic carbocycles. The molecule has 0 aliphatic rings. The van der Waals surface area contributed by atoms with Gasteiger partial charge in [-0.15, -0.1) is 0 Å². The highest BCUT2D eigenvalue weighted by atomic mass is 19.1. The molecule has 1 heterocycles. The van der Waals surface area contributed by atoms with E-state index in [0.717, 1.165) is 12.1 Å². The fourth-order valence-corrected chi connectivity index (χ4v) is 1.50. The van der Waals surface area contributed by atoms with Gasteiger partial charge in [-0.25, -0.2) is 13.6 Å². The first-order chi connectivity index (χ1) is 10.0. The number of carbonyl (C=O) groups is 1. The van der Waals surface area contributed by atoms with Gasteiger partial charge in [0.1, 0.15) is 18.2 Å². The van der Waals surface area contributed by atoms with Crippen LogP contribution in [0.5, 0.6) is 5.75 Å². The minimum atomic E-state index is -0.794. The summed E-state index contributed by atoms with van der Waals surface area (Å²) in [6, 6.07) is 4.06. The lowest BCUT2D eigenvalue weighted by Gasteiger charge is -2.08. The minimum absolute atomic E-state index is 0.0355. The molecule has 112 valence electrons. The van der Waals surface area contributed by atoms with E-state index in [-0.39, 0.29) is 24.7 Å². The monoisotopic (exact) mass is 297 g/mol. The molecule has 2 aromatic rings. The molecule has 2 N–H and O–H groups in total. The van der Waals surface area contributed by atoms with Crippen LogP contribution in [0.3, 0.4) is 0 Å². The van der Waals surface area contributed by atoms with E-state index < -0.39 is 17.7 Å². The van der Waals surface area contributed by atoms with Crippen molar-refractivity contribution in [1.82, 2.24) is 10.5 Å². The number of nitrogens with zero attached hydrogens (tertiary/aromatic N) is 1. The summed E-state index contributed by atoms with van der Waals surface area (Å²) in [5.41, 5.74) is 0. The van der Waals surface area contributed by atoms with Crippen LogP contribution in [0.15, 0.2) is 28.8 Å². The first-order valence-electron chi connectivity index (χ1n) is 6.10. The highest BCUT2D eigenvalue weighted by Gasteiger charge is 2.07. The molecule has 8 heteroatoms. The molecule has 0 bridgehead atoms. The van der Waals surface area contributed by atoms with Gasteiger partial charge in [-0.2, -0.15) is 0 Å². The van der Waals surface area contributed by atoms with Crippen LogP contribution < -0.4 is 15.4 Å². The standard InChI is InChI=1S/C13H13F2N3O3/c1-8-6-12(18-21-8)17-13(19)16-4-5-20-11-3-2-9(14)7-10(11)15/h2-3,6-7H,4-5H2,1H3,(H2,16,17,18,19). The third kappa shape index (κ3) is 4.44. The van der Waals surface area contributed by atoms with Crippen LogP contribution >= 0.6 is 0 Å². The van der Waals surface area contributed by atoms with Gasteiger partial charge in [0.05, 0.1) is 6.54 Å². The van der Waals surface area contributed by atoms with Gasteiger partial charge in [0.25, 0.3) is 0 Å². The predicted molar refractivity (Wildman–Crippen MR) is 70.1 cm³/mol. The summed E-state index contributed by atoms with van der Waals surface area (Å²) in [4.78, 5) is 11.5. The van der Waals surface area contributed by atoms with E-state index in [1.807, 2.05) is 0 Å². The van der Waals surface area contributed by atoms with E-state index in [0.29, 0.717) is 5.76 Å². The molecule has 21 heavy (non-hydrogen) atoms. The van der Waals surface area contributed by atoms with Crippen molar-refractivity contribution in [1.29, 1.82) is 0 Å². The van der Waals surface area contributed by atoms with E-state index in [9.17, 15) is 13.6 Å². The Labute approximate surface area is 119 Å². The Morgan fingerprint density at radius 3 is 2.86 bits per heavy atom. The van der Waals surface area contributed by atoms with Crippen molar-refractivity contribution in [2.24, 2.45) is 0 Å². The van der Waals surface area contributed by atoms with Crippen LogP contribution in [-0.2, 0) is 0 Å². The maximum Gasteiger partial charge on any atom is 0.320 e. The van der Waals surface area contributed by atoms with Gasteiger partial charge in [0, 0.05) is 12.1 Å². The number of hydrogen-bond donors (Lipinski definition) is 2. The van der Waals surface area contributed by atoms with E-state index in [1.165, 1.54) is 6.07 Å². The summed E-state index contributed by atoms with van der Waals surface area (Å²) < 4.78 is 35.8. The summed E-state index contributed by atoms with van der Waals surface area (Å²) in [6.45, 7) is 1.87. The molecule has 0 saturated heterocycles. The molecule has 0 spiro atoms. The summed E-state index contributed by atoms with van der Waals surface area (Å²) >= 11 is 0. The Morgan fingerprint density at radius 2 is 2.19 bits per heavy atom. The molecule has 2 amide bonds. The fourth-order valence-electron chi connectivity index (χ4n) is 1.50. The van der Waals surface area contributed by atoms with Crippen LogP contribution in [0.4, 0.5) is 19.4 Å². The number of ether oxygens (including phenoxy) is 1. The molecule has 0 saturated carbocycles. The lowest BCUT2D eigenvalue weighted by molar-refractivity contribution is 0.246. The Hall–Kier alpha value is -2.64. The molecular formula is C13H13F2N3O3. The lowest BCUT2D eigenvalue weighted by Crippen LogP contribution is -2.32. The maximum absolute atomic E-state index is 13.2. The van der Waals surface area contributed by atoms with Gasteiger partial charge < -0.3 is 14.6 Å². The van der Waals surface area contributed by atoms with Gasteiger partial charge >= 0.3 is 6.03 Å². The largest absolute Gasteiger partial charge is 0.489 e. The number of aromatic nitrogens is 1. The second-order valence-electron chi connectivity index (χ2n) is 4.13. The molecule has 6 nitrogen and oxygen atoms in total. The topological polar surface area (TPSA) is 76.4 Å². The minimum Gasteiger partial charge on any atom is -0.489 e. The van der Waals surface area contributed by atoms with Crippen molar-refractivity contribution in [3.63, 3.8) is 0 Å². The molecule has 2 rings (SSSR count). The van der Waals surface area contributed by atoms with Crippen molar-refractivity contribution in [2.45, 2.75) is 6.92 Å². The van der Waals surface area contributed by atoms with Gasteiger partial charge in [0.15, 0.2) is 17.4 Å². The third-order valence-electron chi connectivity index (χ3n) is 2.41. The molecule has 0 fully saturated rings. The summed E-state index contributed by atoms with van der Waals surface area (Å²) in [6.07, 6.45) is 0. The number of halogens is 2. The number of anilines is 1. The van der Waals surface area contributed by atoms with Gasteiger partial charge in [-0.3, -0.25) is 5.32 Å². The highest BCUT2D eigenvalue weighted by Crippen LogP contribution is 2.17. The van der Waals surface area contributed by atoms with Crippen molar-refractivity contribution < 1.29 is 22.8 Å². The number of nitrogens with one attached hydrogen (secondary N) is 2. The van der Waals surface area contributed by atoms with Gasteiger partial charge in [-0.05, 0) is 19.1 Å². The lowest BCUT2D eigenvalue weighted by atomic mass is 10.3. The van der Waals surface area contributed by atoms with Crippen LogP contribution in [0.2, 0.25) is 0 Å². The zero-order valence-corrected chi connectivity index (χ0v) is 11.2. The number of rotatable bonds is 5. The molecule has 0 radical (unpaired) electrons. The molecule has 0 aliphatic heterocycles. The van der Waals surface area contributed by atoms with Crippen LogP contribution in [0.1, 0.15) is 5.76 Å². The van der Waals surface area contributed by atoms with Crippen LogP contribution in [0.25, 0.3) is 0 Å². The second kappa shape index (κ2) is 6.69. The number of benzene rings is 1. The predicted octanol–water partition coefficient (Wildman–Crippen LogP) is 2.46. The van der Waals surface area contributed by atoms with E-state index in [4.69, 9.17) is 9.26 Å². The summed E-state index contributed by atoms with van der Waals surface area (Å²) in [5, 5.41) is 8.52. The van der Waals surface area contributed by atoms with Crippen LogP contribution in [-0.4, -0.2) is 24.3 Å². The first kappa shape index (κ1) is 14.8. The zero-order valence-electron chi connectivity index (χ0n) is 11.2. The Balaban J connectivity index is 1.70. The number of carbonyl (C=O) groups excluding carboxylic acids is 1. The SMILES string of the molecule is Cc1cc(NC(=O)NCCOc2ccc(F)cc2F)no1. The molecule has 0 atom stereocenters. The maximum atomic E-state index is 13.2. The number of urea groups is 1. The first-order valence-corrected chi connectivity index (χ1v) is 6.10. The quantitative estimate of drug-likeness (QED) is 0.831. The normalized spacial score (nSPS) is 10.2. The summed E-state index contributed by atoms with van der Waals surface area (Å²) in [7, 11) is 0. The number of aryl methyl sites for hydroxylation is 1. The van der Waals surface area contributed by atoms with Gasteiger partial charge in [-0.1, -0.05) is 5.16 Å². The Kier molecular flexibility index (Phi) is 4.70. The van der Waals surface area contributed by atoms with E-state index in [2.05, 4.69) is 15.8 Å². The van der Waals surface area contributed by atoms with Crippen molar-refractivity contribution >= 4 is 11.8 Å². The molecule has 1 aromatic heterocycles. The Bertz CT molecular complexity index is 631. The highest BCUT2D eigenvalue weighted by molar-refractivity contribution is 5.88. The van der Waals surface area contributed by atoms with Crippen molar-refractivity contribution in [2.75, 3.05) is 18.5 Å². The molecule has 1 aromatic carbocycles. The smallest absolute Gasteiger partial charge is 0.320 e. The zero-order chi connectivity index (χ0) is 15.2. The third-order valence-corrected chi connectivity index (χ3v) is 2.41. The second-order valence-corrected chi connectivity index (χ2v) is 4.13. The van der Waals surface area contributed by atoms with Crippen molar-refractivity contribution in [3.8, 4) is 5.75 Å². The van der Waals surface area contributed by atoms with Gasteiger partial charge in [0.2, 0.25) is 0 Å². The van der Waals surface area contributed by atoms with Crippen molar-refractivity contribution in [3.05, 3.63) is 41.7 Å². The van der Waals surface area contributed by atoms with E-state index >= 15 is 0 Å². The Morgan fingerprint density at radius 1 is 1.38 bits per heavy atom. The fraction of sp³-hybridized carbons (Fsp3) is 0.231. The average molecular weight is 297 g/mol. The van der Waals surface area contributed by atoms with E-state index in [1.54, 1.807) is 13.0 Å². The average Bonchev–Trinajstić information content (AvgIpc) is 2.82. The molecular weight excluding hydrogens is 284 g/mol. The number of amides is 2. The number of hydrogen-bond acceptors (Lipinski definition) is 4. The molecule has 0 unspecified atom stereocenters. The van der Waals surface area contributed by atoms with Crippen LogP contribution in [0, 0.1) is 18.6 Å². The summed E-state index contributed by atoms with van der Waals surface area (Å²) in [5.74, 6) is -0.695.